The Bertz CT molecular complexity index is 521. The van der Waals surface area contributed by atoms with Crippen molar-refractivity contribution in [2.24, 2.45) is 7.05 Å². The number of nitrogen functional groups attached to an aromatic ring is 1. The Morgan fingerprint density at radius 2 is 2.25 bits per heavy atom. The van der Waals surface area contributed by atoms with Crippen molar-refractivity contribution < 1.29 is 9.84 Å². The van der Waals surface area contributed by atoms with Gasteiger partial charge in [-0.2, -0.15) is 9.97 Å². The molecule has 0 saturated heterocycles. The number of ether oxygens (including phenoxy) is 1. The van der Waals surface area contributed by atoms with Gasteiger partial charge in [-0.25, -0.2) is 0 Å². The van der Waals surface area contributed by atoms with Gasteiger partial charge in [0.2, 0.25) is 11.8 Å². The Hall–Kier alpha value is -1.82. The minimum absolute atomic E-state index is 0.0787. The predicted octanol–water partition coefficient (Wildman–Crippen LogP) is 0.441. The summed E-state index contributed by atoms with van der Waals surface area (Å²) in [6.07, 6.45) is 1.79. The van der Waals surface area contributed by atoms with Crippen molar-refractivity contribution in [3.63, 3.8) is 0 Å². The third-order valence-corrected chi connectivity index (χ3v) is 2.33. The van der Waals surface area contributed by atoms with Crippen molar-refractivity contribution in [1.82, 2.24) is 14.5 Å². The summed E-state index contributed by atoms with van der Waals surface area (Å²) in [5, 5.41) is 9.98. The van der Waals surface area contributed by atoms with Crippen LogP contribution in [0.25, 0.3) is 11.0 Å². The molecule has 6 heteroatoms. The van der Waals surface area contributed by atoms with Crippen LogP contribution >= 0.6 is 0 Å². The molecule has 0 aliphatic rings. The second-order valence-electron chi connectivity index (χ2n) is 3.44. The van der Waals surface area contributed by atoms with Gasteiger partial charge in [-0.1, -0.05) is 0 Å². The van der Waals surface area contributed by atoms with Gasteiger partial charge in [0, 0.05) is 18.8 Å². The molecule has 0 aromatic carbocycles. The number of aliphatic hydroxyl groups excluding tert-OH is 1. The zero-order valence-electron chi connectivity index (χ0n) is 9.27. The van der Waals surface area contributed by atoms with E-state index in [4.69, 9.17) is 10.5 Å². The maximum Gasteiger partial charge on any atom is 0.228 e. The van der Waals surface area contributed by atoms with Crippen LogP contribution in [0, 0.1) is 0 Å². The average Bonchev–Trinajstić information content (AvgIpc) is 2.56. The third kappa shape index (κ3) is 1.57. The molecule has 2 aromatic heterocycles. The second kappa shape index (κ2) is 3.97. The minimum Gasteiger partial charge on any atom is -0.477 e. The number of aryl methyl sites for hydroxylation is 1. The lowest BCUT2D eigenvalue weighted by molar-refractivity contribution is 0.282. The molecule has 0 spiro atoms. The summed E-state index contributed by atoms with van der Waals surface area (Å²) in [6, 6.07) is 0. The number of anilines is 1. The van der Waals surface area contributed by atoms with Crippen molar-refractivity contribution in [2.75, 3.05) is 12.3 Å². The van der Waals surface area contributed by atoms with Gasteiger partial charge >= 0.3 is 0 Å². The van der Waals surface area contributed by atoms with E-state index in [2.05, 4.69) is 9.97 Å². The summed E-state index contributed by atoms with van der Waals surface area (Å²) >= 11 is 0. The molecule has 86 valence electrons. The summed E-state index contributed by atoms with van der Waals surface area (Å²) < 4.78 is 7.19. The van der Waals surface area contributed by atoms with Gasteiger partial charge < -0.3 is 20.1 Å². The number of aliphatic hydroxyl groups is 1. The van der Waals surface area contributed by atoms with E-state index >= 15 is 0 Å². The fraction of sp³-hybridized carbons (Fsp3) is 0.400. The Morgan fingerprint density at radius 3 is 2.88 bits per heavy atom. The van der Waals surface area contributed by atoms with Crippen molar-refractivity contribution in [3.05, 3.63) is 11.8 Å². The summed E-state index contributed by atoms with van der Waals surface area (Å²) in [5.74, 6) is 0.594. The van der Waals surface area contributed by atoms with E-state index in [1.54, 1.807) is 10.8 Å². The maximum atomic E-state index is 9.26. The molecule has 2 rings (SSSR count). The molecule has 0 amide bonds. The molecule has 6 nitrogen and oxygen atoms in total. The highest BCUT2D eigenvalue weighted by Gasteiger charge is 2.15. The molecule has 0 atom stereocenters. The van der Waals surface area contributed by atoms with E-state index in [0.717, 1.165) is 10.9 Å². The first-order valence-corrected chi connectivity index (χ1v) is 5.02. The highest BCUT2D eigenvalue weighted by atomic mass is 16.5. The maximum absolute atomic E-state index is 9.26. The summed E-state index contributed by atoms with van der Waals surface area (Å²) in [5.41, 5.74) is 7.00. The number of hydrogen-bond donors (Lipinski definition) is 2. The third-order valence-electron chi connectivity index (χ3n) is 2.33. The van der Waals surface area contributed by atoms with Crippen LogP contribution in [0.4, 0.5) is 5.95 Å². The standard InChI is InChI=1S/C10H14N4O2/c1-3-16-9-7-6(5-15)4-14(2)8(7)12-10(11)13-9/h4,15H,3,5H2,1-2H3,(H2,11,12,13). The SMILES string of the molecule is CCOc1nc(N)nc2c1c(CO)cn2C. The largest absolute Gasteiger partial charge is 0.477 e. The Morgan fingerprint density at radius 1 is 1.50 bits per heavy atom. The van der Waals surface area contributed by atoms with E-state index in [1.807, 2.05) is 14.0 Å². The van der Waals surface area contributed by atoms with Crippen LogP contribution in [0.2, 0.25) is 0 Å². The highest BCUT2D eigenvalue weighted by molar-refractivity contribution is 5.86. The smallest absolute Gasteiger partial charge is 0.228 e. The van der Waals surface area contributed by atoms with Gasteiger partial charge in [0.05, 0.1) is 18.6 Å². The van der Waals surface area contributed by atoms with Gasteiger partial charge in [-0.15, -0.1) is 0 Å². The van der Waals surface area contributed by atoms with E-state index in [-0.39, 0.29) is 12.6 Å². The average molecular weight is 222 g/mol. The van der Waals surface area contributed by atoms with E-state index < -0.39 is 0 Å². The molecule has 16 heavy (non-hydrogen) atoms. The predicted molar refractivity (Wildman–Crippen MR) is 60.0 cm³/mol. The van der Waals surface area contributed by atoms with Gasteiger partial charge in [-0.05, 0) is 6.92 Å². The quantitative estimate of drug-likeness (QED) is 0.787. The fourth-order valence-corrected chi connectivity index (χ4v) is 1.70. The van der Waals surface area contributed by atoms with Gasteiger partial charge in [0.1, 0.15) is 5.65 Å². The molecule has 3 N–H and O–H groups in total. The zero-order chi connectivity index (χ0) is 11.7. The lowest BCUT2D eigenvalue weighted by atomic mass is 10.2. The first kappa shape index (κ1) is 10.7. The molecule has 0 aliphatic heterocycles. The Labute approximate surface area is 92.7 Å². The molecule has 2 aromatic rings. The second-order valence-corrected chi connectivity index (χ2v) is 3.44. The number of rotatable bonds is 3. The van der Waals surface area contributed by atoms with Crippen LogP contribution in [0.3, 0.4) is 0 Å². The number of nitrogens with zero attached hydrogens (tertiary/aromatic N) is 3. The van der Waals surface area contributed by atoms with Crippen LogP contribution in [0.5, 0.6) is 5.88 Å². The summed E-state index contributed by atoms with van der Waals surface area (Å²) in [4.78, 5) is 8.16. The van der Waals surface area contributed by atoms with Crippen LogP contribution < -0.4 is 10.5 Å². The van der Waals surface area contributed by atoms with Crippen LogP contribution in [-0.2, 0) is 13.7 Å². The molecular weight excluding hydrogens is 208 g/mol. The first-order valence-electron chi connectivity index (χ1n) is 5.02. The molecule has 0 unspecified atom stereocenters. The molecule has 0 saturated carbocycles. The minimum atomic E-state index is -0.0787. The molecular formula is C10H14N4O2. The molecule has 0 aliphatic carbocycles. The highest BCUT2D eigenvalue weighted by Crippen LogP contribution is 2.28. The van der Waals surface area contributed by atoms with Gasteiger partial charge in [-0.3, -0.25) is 0 Å². The van der Waals surface area contributed by atoms with Gasteiger partial charge in [0.25, 0.3) is 0 Å². The Balaban J connectivity index is 2.76. The monoisotopic (exact) mass is 222 g/mol. The van der Waals surface area contributed by atoms with Crippen molar-refractivity contribution in [3.8, 4) is 5.88 Å². The van der Waals surface area contributed by atoms with E-state index in [0.29, 0.717) is 18.1 Å². The number of nitrogens with two attached hydrogens (primary N) is 1. The number of fused-ring (bicyclic) bond motifs is 1. The van der Waals surface area contributed by atoms with Crippen LogP contribution in [-0.4, -0.2) is 26.2 Å². The van der Waals surface area contributed by atoms with Crippen molar-refractivity contribution >= 4 is 17.0 Å². The zero-order valence-corrected chi connectivity index (χ0v) is 9.27. The molecule has 0 radical (unpaired) electrons. The number of aromatic nitrogens is 3. The lowest BCUT2D eigenvalue weighted by Gasteiger charge is -2.05. The van der Waals surface area contributed by atoms with E-state index in [1.165, 1.54) is 0 Å². The molecule has 0 fully saturated rings. The van der Waals surface area contributed by atoms with E-state index in [9.17, 15) is 5.11 Å². The van der Waals surface area contributed by atoms with Crippen LogP contribution in [0.15, 0.2) is 6.20 Å². The number of hydrogen-bond acceptors (Lipinski definition) is 5. The van der Waals surface area contributed by atoms with Gasteiger partial charge in [0.15, 0.2) is 0 Å². The summed E-state index contributed by atoms with van der Waals surface area (Å²) in [7, 11) is 1.84. The summed E-state index contributed by atoms with van der Waals surface area (Å²) in [6.45, 7) is 2.28. The molecule has 0 bridgehead atoms. The molecule has 2 heterocycles. The normalized spacial score (nSPS) is 10.9. The first-order chi connectivity index (χ1) is 7.67. The van der Waals surface area contributed by atoms with Crippen molar-refractivity contribution in [1.29, 1.82) is 0 Å². The Kier molecular flexibility index (Phi) is 2.66. The fourth-order valence-electron chi connectivity index (χ4n) is 1.70. The topological polar surface area (TPSA) is 86.2 Å². The lowest BCUT2D eigenvalue weighted by Crippen LogP contribution is -2.02. The van der Waals surface area contributed by atoms with Crippen molar-refractivity contribution in [2.45, 2.75) is 13.5 Å². The van der Waals surface area contributed by atoms with Crippen LogP contribution in [0.1, 0.15) is 12.5 Å².